The summed E-state index contributed by atoms with van der Waals surface area (Å²) in [5, 5.41) is 3.33. The van der Waals surface area contributed by atoms with Gasteiger partial charge in [0.25, 0.3) is 5.91 Å². The molecule has 0 bridgehead atoms. The molecular formula is C20H16Cl2N4O2. The van der Waals surface area contributed by atoms with Crippen LogP contribution < -0.4 is 11.1 Å². The van der Waals surface area contributed by atoms with E-state index in [0.717, 1.165) is 5.56 Å². The Hall–Kier alpha value is -2.96. The van der Waals surface area contributed by atoms with Crippen LogP contribution in [0.2, 0.25) is 10.0 Å². The largest absolute Gasteiger partial charge is 0.382 e. The second kappa shape index (κ2) is 8.37. The highest BCUT2D eigenvalue weighted by atomic mass is 35.5. The number of hydrogen-bond donors (Lipinski definition) is 2. The van der Waals surface area contributed by atoms with E-state index in [1.54, 1.807) is 42.5 Å². The molecule has 0 saturated heterocycles. The Labute approximate surface area is 171 Å². The first kappa shape index (κ1) is 19.8. The maximum Gasteiger partial charge on any atom is 0.255 e. The molecule has 0 atom stereocenters. The van der Waals surface area contributed by atoms with Crippen molar-refractivity contribution in [3.05, 3.63) is 81.2 Å². The van der Waals surface area contributed by atoms with Crippen molar-refractivity contribution >= 4 is 46.4 Å². The average molecular weight is 415 g/mol. The summed E-state index contributed by atoms with van der Waals surface area (Å²) in [7, 11) is 0. The molecule has 142 valence electrons. The summed E-state index contributed by atoms with van der Waals surface area (Å²) in [5.74, 6) is -0.568. The molecule has 0 aliphatic carbocycles. The second-order valence-corrected chi connectivity index (χ2v) is 6.94. The van der Waals surface area contributed by atoms with Gasteiger partial charge in [0.2, 0.25) is 0 Å². The van der Waals surface area contributed by atoms with Crippen molar-refractivity contribution in [2.45, 2.75) is 13.3 Å². The Morgan fingerprint density at radius 1 is 1.11 bits per heavy atom. The fraction of sp³-hybridized carbons (Fsp3) is 0.100. The van der Waals surface area contributed by atoms with Gasteiger partial charge in [0.05, 0.1) is 0 Å². The van der Waals surface area contributed by atoms with E-state index in [2.05, 4.69) is 15.3 Å². The standard InChI is InChI=1S/C20H16Cl2N4O2/c1-11-5-6-12(20(28)26-15-4-2-3-14(21)9-15)7-13(11)8-16(27)18-17(22)19(23)25-10-24-18/h2-7,9-10H,8H2,1H3,(H,26,28)(H2,23,24,25). The van der Waals surface area contributed by atoms with E-state index in [1.807, 2.05) is 6.92 Å². The van der Waals surface area contributed by atoms with Gasteiger partial charge >= 0.3 is 0 Å². The lowest BCUT2D eigenvalue weighted by molar-refractivity contribution is 0.0984. The fourth-order valence-electron chi connectivity index (χ4n) is 2.61. The zero-order chi connectivity index (χ0) is 20.3. The predicted molar refractivity (Wildman–Crippen MR) is 110 cm³/mol. The normalized spacial score (nSPS) is 10.5. The van der Waals surface area contributed by atoms with Gasteiger partial charge in [-0.05, 0) is 48.4 Å². The van der Waals surface area contributed by atoms with Crippen LogP contribution in [0, 0.1) is 6.92 Å². The van der Waals surface area contributed by atoms with Crippen LogP contribution in [0.5, 0.6) is 0 Å². The van der Waals surface area contributed by atoms with E-state index in [4.69, 9.17) is 28.9 Å². The van der Waals surface area contributed by atoms with Gasteiger partial charge in [-0.25, -0.2) is 9.97 Å². The highest BCUT2D eigenvalue weighted by Gasteiger charge is 2.17. The van der Waals surface area contributed by atoms with E-state index < -0.39 is 0 Å². The molecule has 28 heavy (non-hydrogen) atoms. The van der Waals surface area contributed by atoms with E-state index in [1.165, 1.54) is 6.33 Å². The second-order valence-electron chi connectivity index (χ2n) is 6.13. The van der Waals surface area contributed by atoms with Crippen LogP contribution in [0.25, 0.3) is 0 Å². The lowest BCUT2D eigenvalue weighted by Crippen LogP contribution is -2.14. The third kappa shape index (κ3) is 4.47. The molecule has 0 saturated carbocycles. The number of rotatable bonds is 5. The molecule has 3 rings (SSSR count). The monoisotopic (exact) mass is 414 g/mol. The summed E-state index contributed by atoms with van der Waals surface area (Å²) in [5.41, 5.74) is 8.25. The van der Waals surface area contributed by atoms with Crippen molar-refractivity contribution in [1.82, 2.24) is 9.97 Å². The lowest BCUT2D eigenvalue weighted by Gasteiger charge is -2.10. The Balaban J connectivity index is 1.82. The van der Waals surface area contributed by atoms with E-state index in [0.29, 0.717) is 21.8 Å². The van der Waals surface area contributed by atoms with E-state index in [-0.39, 0.29) is 34.6 Å². The molecule has 6 nitrogen and oxygen atoms in total. The molecule has 0 aliphatic heterocycles. The molecule has 0 spiro atoms. The number of Topliss-reactive ketones (excluding diaryl/α,β-unsaturated/α-hetero) is 1. The van der Waals surface area contributed by atoms with Gasteiger partial charge < -0.3 is 11.1 Å². The summed E-state index contributed by atoms with van der Waals surface area (Å²) in [6.45, 7) is 1.86. The number of nitrogens with zero attached hydrogens (tertiary/aromatic N) is 2. The Bertz CT molecular complexity index is 1070. The number of aromatic nitrogens is 2. The average Bonchev–Trinajstić information content (AvgIpc) is 2.65. The van der Waals surface area contributed by atoms with Crippen LogP contribution in [-0.4, -0.2) is 21.7 Å². The Morgan fingerprint density at radius 2 is 1.89 bits per heavy atom. The molecule has 0 unspecified atom stereocenters. The van der Waals surface area contributed by atoms with Crippen LogP contribution in [0.15, 0.2) is 48.8 Å². The summed E-state index contributed by atoms with van der Waals surface area (Å²) in [4.78, 5) is 32.8. The number of aryl methyl sites for hydroxylation is 1. The first-order chi connectivity index (χ1) is 13.3. The molecule has 3 N–H and O–H groups in total. The summed E-state index contributed by atoms with van der Waals surface area (Å²) >= 11 is 12.0. The number of halogens is 2. The maximum atomic E-state index is 12.6. The van der Waals surface area contributed by atoms with Gasteiger partial charge in [-0.1, -0.05) is 35.3 Å². The van der Waals surface area contributed by atoms with Gasteiger partial charge in [-0.2, -0.15) is 0 Å². The minimum atomic E-state index is -0.311. The zero-order valence-corrected chi connectivity index (χ0v) is 16.4. The Morgan fingerprint density at radius 3 is 2.64 bits per heavy atom. The molecule has 3 aromatic rings. The van der Waals surface area contributed by atoms with E-state index >= 15 is 0 Å². The summed E-state index contributed by atoms with van der Waals surface area (Å²) < 4.78 is 0. The van der Waals surface area contributed by atoms with Gasteiger partial charge in [-0.15, -0.1) is 0 Å². The van der Waals surface area contributed by atoms with Crippen molar-refractivity contribution in [3.8, 4) is 0 Å². The van der Waals surface area contributed by atoms with Gasteiger partial charge in [0.1, 0.15) is 22.9 Å². The Kier molecular flexibility index (Phi) is 5.92. The predicted octanol–water partition coefficient (Wildman–Crippen LogP) is 4.35. The number of nitrogen functional groups attached to an aromatic ring is 1. The quantitative estimate of drug-likeness (QED) is 0.604. The topological polar surface area (TPSA) is 98.0 Å². The number of nitrogens with one attached hydrogen (secondary N) is 1. The zero-order valence-electron chi connectivity index (χ0n) is 14.9. The first-order valence-corrected chi connectivity index (χ1v) is 9.06. The number of carbonyl (C=O) groups is 2. The van der Waals surface area contributed by atoms with Crippen LogP contribution in [-0.2, 0) is 6.42 Å². The summed E-state index contributed by atoms with van der Waals surface area (Å²) in [6.07, 6.45) is 1.22. The van der Waals surface area contributed by atoms with Crippen LogP contribution >= 0.6 is 23.2 Å². The number of benzene rings is 2. The number of amides is 1. The molecule has 1 amide bonds. The fourth-order valence-corrected chi connectivity index (χ4v) is 3.00. The first-order valence-electron chi connectivity index (χ1n) is 8.31. The van der Waals surface area contributed by atoms with Crippen molar-refractivity contribution in [2.75, 3.05) is 11.1 Å². The highest BCUT2D eigenvalue weighted by Crippen LogP contribution is 2.22. The number of anilines is 2. The molecule has 0 fully saturated rings. The number of hydrogen-bond acceptors (Lipinski definition) is 5. The molecule has 2 aromatic carbocycles. The lowest BCUT2D eigenvalue weighted by atomic mass is 9.99. The van der Waals surface area contributed by atoms with Crippen LogP contribution in [0.4, 0.5) is 11.5 Å². The third-order valence-corrected chi connectivity index (χ3v) is 4.73. The molecule has 0 radical (unpaired) electrons. The van der Waals surface area contributed by atoms with Gasteiger partial charge in [-0.3, -0.25) is 9.59 Å². The molecule has 0 aliphatic rings. The highest BCUT2D eigenvalue weighted by molar-refractivity contribution is 6.35. The van der Waals surface area contributed by atoms with Crippen molar-refractivity contribution in [1.29, 1.82) is 0 Å². The molecule has 8 heteroatoms. The minimum Gasteiger partial charge on any atom is -0.382 e. The van der Waals surface area contributed by atoms with Crippen molar-refractivity contribution < 1.29 is 9.59 Å². The molecular weight excluding hydrogens is 399 g/mol. The van der Waals surface area contributed by atoms with Crippen molar-refractivity contribution in [3.63, 3.8) is 0 Å². The molecule has 1 aromatic heterocycles. The van der Waals surface area contributed by atoms with E-state index in [9.17, 15) is 9.59 Å². The number of nitrogens with two attached hydrogens (primary N) is 1. The SMILES string of the molecule is Cc1ccc(C(=O)Nc2cccc(Cl)c2)cc1CC(=O)c1ncnc(N)c1Cl. The third-order valence-electron chi connectivity index (χ3n) is 4.13. The molecule has 1 heterocycles. The van der Waals surface area contributed by atoms with Crippen LogP contribution in [0.1, 0.15) is 32.0 Å². The van der Waals surface area contributed by atoms with Crippen LogP contribution in [0.3, 0.4) is 0 Å². The summed E-state index contributed by atoms with van der Waals surface area (Å²) in [6, 6.07) is 12.0. The smallest absolute Gasteiger partial charge is 0.255 e. The number of carbonyl (C=O) groups excluding carboxylic acids is 2. The number of ketones is 1. The minimum absolute atomic E-state index is 0.0278. The maximum absolute atomic E-state index is 12.6. The van der Waals surface area contributed by atoms with Crippen molar-refractivity contribution in [2.24, 2.45) is 0 Å². The van der Waals surface area contributed by atoms with Gasteiger partial charge in [0, 0.05) is 22.7 Å². The van der Waals surface area contributed by atoms with Gasteiger partial charge in [0.15, 0.2) is 5.78 Å².